The number of rotatable bonds is 2. The molecule has 0 aromatic heterocycles. The van der Waals surface area contributed by atoms with Crippen LogP contribution < -0.4 is 15.4 Å². The molecule has 1 fully saturated rings. The maximum Gasteiger partial charge on any atom is 0.573 e. The van der Waals surface area contributed by atoms with Crippen LogP contribution >= 0.6 is 0 Å². The summed E-state index contributed by atoms with van der Waals surface area (Å²) in [7, 11) is 0. The lowest BCUT2D eigenvalue weighted by molar-refractivity contribution is -0.274. The molecule has 1 saturated heterocycles. The topological polar surface area (TPSA) is 67.4 Å². The molecule has 1 unspecified atom stereocenters. The van der Waals surface area contributed by atoms with E-state index in [9.17, 15) is 22.8 Å². The van der Waals surface area contributed by atoms with Crippen molar-refractivity contribution in [2.24, 2.45) is 0 Å². The highest BCUT2D eigenvalue weighted by molar-refractivity contribution is 6.07. The summed E-state index contributed by atoms with van der Waals surface area (Å²) in [6, 6.07) is 4.07. The highest BCUT2D eigenvalue weighted by Gasteiger charge is 2.43. The van der Waals surface area contributed by atoms with Crippen LogP contribution in [0.4, 0.5) is 18.0 Å². The van der Waals surface area contributed by atoms with Crippen molar-refractivity contribution in [1.29, 1.82) is 0 Å². The first-order valence-corrected chi connectivity index (χ1v) is 5.20. The second-order valence-electron chi connectivity index (χ2n) is 4.11. The third-order valence-electron chi connectivity index (χ3n) is 2.71. The van der Waals surface area contributed by atoms with Crippen LogP contribution in [-0.4, -0.2) is 18.3 Å². The number of benzene rings is 1. The molecule has 0 aliphatic carbocycles. The van der Waals surface area contributed by atoms with Gasteiger partial charge in [-0.1, -0.05) is 12.1 Å². The zero-order valence-electron chi connectivity index (χ0n) is 9.67. The van der Waals surface area contributed by atoms with Crippen LogP contribution in [0.1, 0.15) is 12.5 Å². The second kappa shape index (κ2) is 4.15. The van der Waals surface area contributed by atoms with E-state index in [2.05, 4.69) is 15.4 Å². The van der Waals surface area contributed by atoms with Crippen molar-refractivity contribution in [3.05, 3.63) is 29.8 Å². The van der Waals surface area contributed by atoms with Crippen LogP contribution in [0.2, 0.25) is 0 Å². The minimum absolute atomic E-state index is 0.352. The van der Waals surface area contributed by atoms with Gasteiger partial charge in [0.1, 0.15) is 11.3 Å². The van der Waals surface area contributed by atoms with Gasteiger partial charge in [0.25, 0.3) is 5.91 Å². The Hall–Kier alpha value is -2.25. The fourth-order valence-electron chi connectivity index (χ4n) is 1.74. The minimum Gasteiger partial charge on any atom is -0.406 e. The van der Waals surface area contributed by atoms with E-state index in [1.54, 1.807) is 0 Å². The van der Waals surface area contributed by atoms with Crippen molar-refractivity contribution in [2.45, 2.75) is 18.8 Å². The average molecular weight is 274 g/mol. The van der Waals surface area contributed by atoms with E-state index in [4.69, 9.17) is 0 Å². The average Bonchev–Trinajstić information content (AvgIpc) is 2.52. The van der Waals surface area contributed by atoms with Gasteiger partial charge in [0.2, 0.25) is 0 Å². The summed E-state index contributed by atoms with van der Waals surface area (Å²) in [5, 5.41) is 4.46. The molecule has 8 heteroatoms. The molecule has 1 aromatic carbocycles. The molecular formula is C11H9F3N2O3. The Morgan fingerprint density at radius 1 is 1.16 bits per heavy atom. The van der Waals surface area contributed by atoms with Crippen LogP contribution in [0.25, 0.3) is 0 Å². The smallest absolute Gasteiger partial charge is 0.406 e. The van der Waals surface area contributed by atoms with Crippen LogP contribution in [0.3, 0.4) is 0 Å². The van der Waals surface area contributed by atoms with E-state index < -0.39 is 29.6 Å². The number of hydrogen-bond acceptors (Lipinski definition) is 3. The largest absolute Gasteiger partial charge is 0.573 e. The number of nitrogens with one attached hydrogen (secondary N) is 2. The van der Waals surface area contributed by atoms with Crippen LogP contribution in [0, 0.1) is 0 Å². The molecule has 0 radical (unpaired) electrons. The summed E-state index contributed by atoms with van der Waals surface area (Å²) >= 11 is 0. The van der Waals surface area contributed by atoms with Gasteiger partial charge in [-0.25, -0.2) is 4.79 Å². The van der Waals surface area contributed by atoms with Gasteiger partial charge in [-0.05, 0) is 24.6 Å². The van der Waals surface area contributed by atoms with Gasteiger partial charge >= 0.3 is 12.4 Å². The van der Waals surface area contributed by atoms with Gasteiger partial charge < -0.3 is 10.1 Å². The number of amides is 3. The molecule has 0 bridgehead atoms. The summed E-state index contributed by atoms with van der Waals surface area (Å²) < 4.78 is 39.7. The van der Waals surface area contributed by atoms with Crippen molar-refractivity contribution in [1.82, 2.24) is 10.6 Å². The lowest BCUT2D eigenvalue weighted by atomic mass is 9.92. The number of imide groups is 1. The van der Waals surface area contributed by atoms with Crippen molar-refractivity contribution in [2.75, 3.05) is 0 Å². The van der Waals surface area contributed by atoms with Crippen molar-refractivity contribution in [3.8, 4) is 5.75 Å². The summed E-state index contributed by atoms with van der Waals surface area (Å²) in [5.41, 5.74) is -0.946. The quantitative estimate of drug-likeness (QED) is 0.806. The number of urea groups is 1. The maximum absolute atomic E-state index is 12.0. The lowest BCUT2D eigenvalue weighted by Crippen LogP contribution is -2.40. The zero-order chi connectivity index (χ0) is 14.3. The van der Waals surface area contributed by atoms with Crippen LogP contribution in [0.15, 0.2) is 24.3 Å². The van der Waals surface area contributed by atoms with Crippen molar-refractivity contribution < 1.29 is 27.5 Å². The van der Waals surface area contributed by atoms with Gasteiger partial charge in [-0.3, -0.25) is 10.1 Å². The summed E-state index contributed by atoms with van der Waals surface area (Å²) in [4.78, 5) is 22.7. The zero-order valence-corrected chi connectivity index (χ0v) is 9.67. The second-order valence-corrected chi connectivity index (χ2v) is 4.11. The molecule has 1 atom stereocenters. The van der Waals surface area contributed by atoms with Crippen LogP contribution in [-0.2, 0) is 10.3 Å². The van der Waals surface area contributed by atoms with Gasteiger partial charge in [-0.2, -0.15) is 0 Å². The van der Waals surface area contributed by atoms with Crippen molar-refractivity contribution >= 4 is 11.9 Å². The number of halogens is 3. The van der Waals surface area contributed by atoms with E-state index in [0.717, 1.165) is 12.1 Å². The maximum atomic E-state index is 12.0. The molecule has 1 aliphatic heterocycles. The molecule has 102 valence electrons. The Morgan fingerprint density at radius 2 is 1.74 bits per heavy atom. The van der Waals surface area contributed by atoms with E-state index in [0.29, 0.717) is 5.56 Å². The van der Waals surface area contributed by atoms with Crippen LogP contribution in [0.5, 0.6) is 5.75 Å². The Bertz CT molecular complexity index is 527. The number of carbonyl (C=O) groups excluding carboxylic acids is 2. The fourth-order valence-corrected chi connectivity index (χ4v) is 1.74. The highest BCUT2D eigenvalue weighted by Crippen LogP contribution is 2.28. The molecule has 2 N–H and O–H groups in total. The molecule has 0 saturated carbocycles. The highest BCUT2D eigenvalue weighted by atomic mass is 19.4. The first kappa shape index (κ1) is 13.2. The number of ether oxygens (including phenoxy) is 1. The number of carbonyl (C=O) groups is 2. The minimum atomic E-state index is -4.77. The third kappa shape index (κ3) is 2.61. The standard InChI is InChI=1S/C11H9F3N2O3/c1-10(8(17)15-9(18)16-10)6-2-4-7(5-3-6)19-11(12,13)14/h2-5H,1H3,(H2,15,16,17,18). The van der Waals surface area contributed by atoms with Gasteiger partial charge in [0, 0.05) is 0 Å². The third-order valence-corrected chi connectivity index (χ3v) is 2.71. The summed E-state index contributed by atoms with van der Waals surface area (Å²) in [6.07, 6.45) is -4.77. The van der Waals surface area contributed by atoms with Gasteiger partial charge in [0.05, 0.1) is 0 Å². The Morgan fingerprint density at radius 3 is 2.16 bits per heavy atom. The lowest BCUT2D eigenvalue weighted by Gasteiger charge is -2.21. The van der Waals surface area contributed by atoms with E-state index in [1.165, 1.54) is 19.1 Å². The molecule has 19 heavy (non-hydrogen) atoms. The van der Waals surface area contributed by atoms with E-state index in [1.807, 2.05) is 0 Å². The molecule has 5 nitrogen and oxygen atoms in total. The molecular weight excluding hydrogens is 265 g/mol. The SMILES string of the molecule is CC1(c2ccc(OC(F)(F)F)cc2)NC(=O)NC1=O. The van der Waals surface area contributed by atoms with Gasteiger partial charge in [-0.15, -0.1) is 13.2 Å². The molecule has 3 amide bonds. The first-order valence-electron chi connectivity index (χ1n) is 5.20. The summed E-state index contributed by atoms with van der Waals surface area (Å²) in [6.45, 7) is 1.45. The van der Waals surface area contributed by atoms with Gasteiger partial charge in [0.15, 0.2) is 0 Å². The number of alkyl halides is 3. The van der Waals surface area contributed by atoms with E-state index in [-0.39, 0.29) is 0 Å². The monoisotopic (exact) mass is 274 g/mol. The molecule has 1 heterocycles. The molecule has 2 rings (SSSR count). The molecule has 1 aliphatic rings. The predicted molar refractivity (Wildman–Crippen MR) is 57.2 cm³/mol. The Balaban J connectivity index is 2.24. The summed E-state index contributed by atoms with van der Waals surface area (Å²) in [5.74, 6) is -0.966. The predicted octanol–water partition coefficient (Wildman–Crippen LogP) is 1.64. The fraction of sp³-hybridized carbons (Fsp3) is 0.273. The molecule has 1 aromatic rings. The normalized spacial score (nSPS) is 22.9. The first-order chi connectivity index (χ1) is 8.71. The van der Waals surface area contributed by atoms with Crippen molar-refractivity contribution in [3.63, 3.8) is 0 Å². The number of hydrogen-bond donors (Lipinski definition) is 2. The Labute approximate surface area is 105 Å². The Kier molecular flexibility index (Phi) is 2.88. The van der Waals surface area contributed by atoms with E-state index >= 15 is 0 Å². The molecule has 0 spiro atoms.